The van der Waals surface area contributed by atoms with Crippen LogP contribution in [0.2, 0.25) is 0 Å². The van der Waals surface area contributed by atoms with Crippen molar-refractivity contribution in [2.45, 2.75) is 47.1 Å². The molecule has 1 nitrogen and oxygen atoms in total. The SMILES string of the molecule is C=C(C)C(O)CC(C)C(C)(C)C. The van der Waals surface area contributed by atoms with Crippen LogP contribution in [0.15, 0.2) is 12.2 Å². The third-order valence-corrected chi connectivity index (χ3v) is 2.62. The monoisotopic (exact) mass is 170 g/mol. The lowest BCUT2D eigenvalue weighted by molar-refractivity contribution is 0.135. The molecule has 0 radical (unpaired) electrons. The van der Waals surface area contributed by atoms with Gasteiger partial charge in [0.2, 0.25) is 0 Å². The molecule has 2 unspecified atom stereocenters. The van der Waals surface area contributed by atoms with Gasteiger partial charge >= 0.3 is 0 Å². The Bertz CT molecular complexity index is 153. The van der Waals surface area contributed by atoms with E-state index in [0.29, 0.717) is 5.92 Å². The molecular weight excluding hydrogens is 148 g/mol. The van der Waals surface area contributed by atoms with Crippen molar-refractivity contribution in [2.75, 3.05) is 0 Å². The number of hydrogen-bond donors (Lipinski definition) is 1. The minimum Gasteiger partial charge on any atom is -0.389 e. The molecule has 12 heavy (non-hydrogen) atoms. The minimum atomic E-state index is -0.334. The molecule has 0 fully saturated rings. The summed E-state index contributed by atoms with van der Waals surface area (Å²) in [5, 5.41) is 9.56. The molecule has 0 amide bonds. The fourth-order valence-corrected chi connectivity index (χ4v) is 0.890. The van der Waals surface area contributed by atoms with E-state index in [-0.39, 0.29) is 11.5 Å². The summed E-state index contributed by atoms with van der Waals surface area (Å²) in [6, 6.07) is 0. The Balaban J connectivity index is 4.01. The van der Waals surface area contributed by atoms with Gasteiger partial charge in [-0.25, -0.2) is 0 Å². The largest absolute Gasteiger partial charge is 0.389 e. The fraction of sp³-hybridized carbons (Fsp3) is 0.818. The molecule has 0 aliphatic rings. The lowest BCUT2D eigenvalue weighted by Gasteiger charge is -2.29. The zero-order valence-corrected chi connectivity index (χ0v) is 9.02. The fourth-order valence-electron chi connectivity index (χ4n) is 0.890. The molecule has 0 aromatic carbocycles. The summed E-state index contributed by atoms with van der Waals surface area (Å²) < 4.78 is 0. The summed E-state index contributed by atoms with van der Waals surface area (Å²) in [4.78, 5) is 0. The molecule has 0 heterocycles. The third-order valence-electron chi connectivity index (χ3n) is 2.62. The zero-order chi connectivity index (χ0) is 9.94. The van der Waals surface area contributed by atoms with Crippen LogP contribution in [0.1, 0.15) is 41.0 Å². The summed E-state index contributed by atoms with van der Waals surface area (Å²) in [6.45, 7) is 14.4. The molecule has 0 aromatic rings. The minimum absolute atomic E-state index is 0.274. The molecular formula is C11H22O. The van der Waals surface area contributed by atoms with E-state index >= 15 is 0 Å². The van der Waals surface area contributed by atoms with Crippen molar-refractivity contribution >= 4 is 0 Å². The Morgan fingerprint density at radius 1 is 1.42 bits per heavy atom. The number of rotatable bonds is 3. The van der Waals surface area contributed by atoms with E-state index in [4.69, 9.17) is 0 Å². The lowest BCUT2D eigenvalue weighted by Crippen LogP contribution is -2.23. The zero-order valence-electron chi connectivity index (χ0n) is 9.02. The van der Waals surface area contributed by atoms with Crippen molar-refractivity contribution in [3.05, 3.63) is 12.2 Å². The first-order valence-electron chi connectivity index (χ1n) is 4.58. The van der Waals surface area contributed by atoms with E-state index in [1.165, 1.54) is 0 Å². The van der Waals surface area contributed by atoms with Crippen molar-refractivity contribution in [3.8, 4) is 0 Å². The van der Waals surface area contributed by atoms with Gasteiger partial charge in [0.15, 0.2) is 0 Å². The van der Waals surface area contributed by atoms with Crippen LogP contribution in [0.5, 0.6) is 0 Å². The maximum atomic E-state index is 9.56. The van der Waals surface area contributed by atoms with Gasteiger partial charge in [-0.05, 0) is 24.7 Å². The molecule has 0 saturated carbocycles. The Hall–Kier alpha value is -0.300. The van der Waals surface area contributed by atoms with E-state index < -0.39 is 0 Å². The maximum absolute atomic E-state index is 9.56. The van der Waals surface area contributed by atoms with Gasteiger partial charge in [0, 0.05) is 0 Å². The predicted octanol–water partition coefficient (Wildman–Crippen LogP) is 3.00. The molecule has 0 spiro atoms. The Kier molecular flexibility index (Phi) is 3.98. The second-order valence-corrected chi connectivity index (χ2v) is 4.86. The Morgan fingerprint density at radius 2 is 1.83 bits per heavy atom. The average molecular weight is 170 g/mol. The highest BCUT2D eigenvalue weighted by molar-refractivity contribution is 4.97. The van der Waals surface area contributed by atoms with Crippen LogP contribution in [0, 0.1) is 11.3 Å². The summed E-state index contributed by atoms with van der Waals surface area (Å²) in [6.07, 6.45) is 0.484. The van der Waals surface area contributed by atoms with Gasteiger partial charge in [0.05, 0.1) is 6.10 Å². The predicted molar refractivity (Wildman–Crippen MR) is 54.1 cm³/mol. The smallest absolute Gasteiger partial charge is 0.0747 e. The number of hydrogen-bond acceptors (Lipinski definition) is 1. The highest BCUT2D eigenvalue weighted by Gasteiger charge is 2.22. The molecule has 0 aliphatic carbocycles. The van der Waals surface area contributed by atoms with E-state index in [0.717, 1.165) is 12.0 Å². The lowest BCUT2D eigenvalue weighted by atomic mass is 9.78. The van der Waals surface area contributed by atoms with Crippen LogP contribution in [0.25, 0.3) is 0 Å². The van der Waals surface area contributed by atoms with Crippen LogP contribution >= 0.6 is 0 Å². The highest BCUT2D eigenvalue weighted by atomic mass is 16.3. The molecule has 0 bridgehead atoms. The summed E-state index contributed by atoms with van der Waals surface area (Å²) in [5.74, 6) is 0.518. The topological polar surface area (TPSA) is 20.2 Å². The van der Waals surface area contributed by atoms with Gasteiger partial charge in [-0.1, -0.05) is 39.8 Å². The number of aliphatic hydroxyl groups excluding tert-OH is 1. The van der Waals surface area contributed by atoms with Crippen molar-refractivity contribution in [1.29, 1.82) is 0 Å². The first-order chi connectivity index (χ1) is 5.25. The number of aliphatic hydroxyl groups is 1. The van der Waals surface area contributed by atoms with E-state index in [2.05, 4.69) is 34.3 Å². The molecule has 0 aliphatic heterocycles. The second-order valence-electron chi connectivity index (χ2n) is 4.86. The van der Waals surface area contributed by atoms with E-state index in [1.807, 2.05) is 6.92 Å². The van der Waals surface area contributed by atoms with Crippen molar-refractivity contribution < 1.29 is 5.11 Å². The van der Waals surface area contributed by atoms with Crippen LogP contribution in [0.3, 0.4) is 0 Å². The van der Waals surface area contributed by atoms with Gasteiger partial charge in [-0.3, -0.25) is 0 Å². The van der Waals surface area contributed by atoms with Gasteiger partial charge in [0.25, 0.3) is 0 Å². The van der Waals surface area contributed by atoms with Gasteiger partial charge in [-0.2, -0.15) is 0 Å². The Morgan fingerprint density at radius 3 is 2.08 bits per heavy atom. The second kappa shape index (κ2) is 4.08. The van der Waals surface area contributed by atoms with Gasteiger partial charge in [0.1, 0.15) is 0 Å². The average Bonchev–Trinajstić information content (AvgIpc) is 1.85. The summed E-state index contributed by atoms with van der Waals surface area (Å²) >= 11 is 0. The van der Waals surface area contributed by atoms with Crippen molar-refractivity contribution in [3.63, 3.8) is 0 Å². The first-order valence-corrected chi connectivity index (χ1v) is 4.58. The van der Waals surface area contributed by atoms with Crippen LogP contribution in [-0.4, -0.2) is 11.2 Å². The maximum Gasteiger partial charge on any atom is 0.0747 e. The molecule has 1 N–H and O–H groups in total. The van der Waals surface area contributed by atoms with Crippen LogP contribution in [0.4, 0.5) is 0 Å². The molecule has 0 rings (SSSR count). The standard InChI is InChI=1S/C11H22O/c1-8(2)10(12)7-9(3)11(4,5)6/h9-10,12H,1,7H2,2-6H3. The molecule has 2 atom stereocenters. The van der Waals surface area contributed by atoms with Crippen molar-refractivity contribution in [1.82, 2.24) is 0 Å². The molecule has 1 heteroatoms. The first kappa shape index (κ1) is 11.7. The quantitative estimate of drug-likeness (QED) is 0.646. The molecule has 0 saturated heterocycles. The Labute approximate surface area is 76.5 Å². The van der Waals surface area contributed by atoms with Gasteiger partial charge in [-0.15, -0.1) is 0 Å². The highest BCUT2D eigenvalue weighted by Crippen LogP contribution is 2.29. The van der Waals surface area contributed by atoms with E-state index in [9.17, 15) is 5.11 Å². The normalized spacial score (nSPS) is 17.2. The summed E-state index contributed by atoms with van der Waals surface area (Å²) in [7, 11) is 0. The summed E-state index contributed by atoms with van der Waals surface area (Å²) in [5.41, 5.74) is 1.14. The van der Waals surface area contributed by atoms with Gasteiger partial charge < -0.3 is 5.11 Å². The van der Waals surface area contributed by atoms with Crippen molar-refractivity contribution in [2.24, 2.45) is 11.3 Å². The van der Waals surface area contributed by atoms with Crippen LogP contribution in [-0.2, 0) is 0 Å². The third kappa shape index (κ3) is 3.91. The van der Waals surface area contributed by atoms with E-state index in [1.54, 1.807) is 0 Å². The molecule has 0 aromatic heterocycles. The molecule has 72 valence electrons. The van der Waals surface area contributed by atoms with Crippen LogP contribution < -0.4 is 0 Å².